The number of anilines is 2. The Hall–Kier alpha value is -4.86. The van der Waals surface area contributed by atoms with Gasteiger partial charge in [0, 0.05) is 49.7 Å². The maximum Gasteiger partial charge on any atom is 0.259 e. The van der Waals surface area contributed by atoms with Gasteiger partial charge < -0.3 is 29.9 Å². The molecule has 49 heavy (non-hydrogen) atoms. The number of carbonyl (C=O) groups excluding carboxylic acids is 3. The molecule has 4 aromatic carbocycles. The van der Waals surface area contributed by atoms with Crippen molar-refractivity contribution < 1.29 is 23.9 Å². The predicted octanol–water partition coefficient (Wildman–Crippen LogP) is 7.22. The van der Waals surface area contributed by atoms with Crippen molar-refractivity contribution in [1.82, 2.24) is 9.80 Å². The zero-order valence-corrected chi connectivity index (χ0v) is 28.6. The normalized spacial score (nSPS) is 13.1. The minimum absolute atomic E-state index is 0.0682. The number of rotatable bonds is 15. The highest BCUT2D eigenvalue weighted by atomic mass is 35.5. The van der Waals surface area contributed by atoms with Gasteiger partial charge in [0.05, 0.1) is 17.9 Å². The summed E-state index contributed by atoms with van der Waals surface area (Å²) in [5.74, 6) is 0.644. The summed E-state index contributed by atoms with van der Waals surface area (Å²) < 4.78 is 12.0. The van der Waals surface area contributed by atoms with Crippen molar-refractivity contribution in [3.05, 3.63) is 119 Å². The Morgan fingerprint density at radius 3 is 2.18 bits per heavy atom. The lowest BCUT2D eigenvalue weighted by molar-refractivity contribution is -0.132. The van der Waals surface area contributed by atoms with E-state index < -0.39 is 0 Å². The molecule has 2 N–H and O–H groups in total. The molecule has 0 radical (unpaired) electrons. The summed E-state index contributed by atoms with van der Waals surface area (Å²) in [6.07, 6.45) is 3.05. The molecule has 0 aromatic heterocycles. The quantitative estimate of drug-likeness (QED) is 0.101. The Balaban J connectivity index is 1.13. The molecule has 0 aliphatic carbocycles. The SMILES string of the molecule is CN1CCN(C(=O)CCCCCOc2ccccc2NC(=O)c2ccc(NC(=O)c3ccccc3OCc3ccccc3)cc2CCl)CC1. The van der Waals surface area contributed by atoms with Gasteiger partial charge in [-0.05, 0) is 79.9 Å². The number of ether oxygens (including phenoxy) is 2. The molecule has 256 valence electrons. The topological polar surface area (TPSA) is 100 Å². The highest BCUT2D eigenvalue weighted by Gasteiger charge is 2.19. The van der Waals surface area contributed by atoms with E-state index in [4.69, 9.17) is 21.1 Å². The maximum absolute atomic E-state index is 13.4. The third-order valence-corrected chi connectivity index (χ3v) is 8.69. The van der Waals surface area contributed by atoms with Crippen LogP contribution in [0.25, 0.3) is 0 Å². The summed E-state index contributed by atoms with van der Waals surface area (Å²) >= 11 is 6.28. The van der Waals surface area contributed by atoms with Crippen molar-refractivity contribution in [3.8, 4) is 11.5 Å². The van der Waals surface area contributed by atoms with Crippen LogP contribution in [0, 0.1) is 0 Å². The van der Waals surface area contributed by atoms with Gasteiger partial charge in [-0.25, -0.2) is 0 Å². The monoisotopic (exact) mass is 682 g/mol. The first kappa shape index (κ1) is 35.4. The maximum atomic E-state index is 13.4. The van der Waals surface area contributed by atoms with Gasteiger partial charge in [-0.15, -0.1) is 11.6 Å². The number of piperazine rings is 1. The summed E-state index contributed by atoms with van der Waals surface area (Å²) in [6, 6.07) is 29.1. The lowest BCUT2D eigenvalue weighted by Crippen LogP contribution is -2.47. The van der Waals surface area contributed by atoms with Gasteiger partial charge in [-0.2, -0.15) is 0 Å². The number of unbranched alkanes of at least 4 members (excludes halogenated alkanes) is 2. The fraction of sp³-hybridized carbons (Fsp3) is 0.308. The second kappa shape index (κ2) is 18.1. The molecule has 9 nitrogen and oxygen atoms in total. The number of hydrogen-bond donors (Lipinski definition) is 2. The third-order valence-electron chi connectivity index (χ3n) is 8.40. The average Bonchev–Trinajstić information content (AvgIpc) is 3.13. The molecule has 4 aromatic rings. The number of alkyl halides is 1. The van der Waals surface area contributed by atoms with Crippen LogP contribution in [0.15, 0.2) is 97.1 Å². The molecule has 5 rings (SSSR count). The van der Waals surface area contributed by atoms with Gasteiger partial charge >= 0.3 is 0 Å². The van der Waals surface area contributed by atoms with Gasteiger partial charge in [0.15, 0.2) is 0 Å². The molecule has 3 amide bonds. The first-order chi connectivity index (χ1) is 23.9. The molecule has 1 heterocycles. The van der Waals surface area contributed by atoms with Crippen LogP contribution in [0.2, 0.25) is 0 Å². The summed E-state index contributed by atoms with van der Waals surface area (Å²) in [5, 5.41) is 5.86. The number of halogens is 1. The summed E-state index contributed by atoms with van der Waals surface area (Å²) in [5.41, 5.74) is 3.39. The van der Waals surface area contributed by atoms with Crippen LogP contribution < -0.4 is 20.1 Å². The Bertz CT molecular complexity index is 1710. The van der Waals surface area contributed by atoms with E-state index in [1.165, 1.54) is 0 Å². The lowest BCUT2D eigenvalue weighted by atomic mass is 10.1. The second-order valence-electron chi connectivity index (χ2n) is 12.0. The van der Waals surface area contributed by atoms with Crippen molar-refractivity contribution >= 4 is 40.7 Å². The number of carbonyl (C=O) groups is 3. The minimum atomic E-state index is -0.341. The summed E-state index contributed by atoms with van der Waals surface area (Å²) in [7, 11) is 2.08. The van der Waals surface area contributed by atoms with Crippen molar-refractivity contribution in [2.24, 2.45) is 0 Å². The first-order valence-electron chi connectivity index (χ1n) is 16.7. The van der Waals surface area contributed by atoms with Crippen molar-refractivity contribution in [2.75, 3.05) is 50.5 Å². The number of amides is 3. The largest absolute Gasteiger partial charge is 0.491 e. The van der Waals surface area contributed by atoms with E-state index in [1.807, 2.05) is 59.5 Å². The molecule has 0 saturated carbocycles. The highest BCUT2D eigenvalue weighted by molar-refractivity contribution is 6.18. The molecule has 1 aliphatic rings. The van der Waals surface area contributed by atoms with E-state index in [0.717, 1.165) is 51.0 Å². The zero-order valence-electron chi connectivity index (χ0n) is 27.8. The number of nitrogens with one attached hydrogen (secondary N) is 2. The molecule has 0 atom stereocenters. The summed E-state index contributed by atoms with van der Waals surface area (Å²) in [4.78, 5) is 43.3. The Morgan fingerprint density at radius 2 is 1.41 bits per heavy atom. The van der Waals surface area contributed by atoms with Crippen LogP contribution in [-0.4, -0.2) is 67.4 Å². The molecular weight excluding hydrogens is 640 g/mol. The van der Waals surface area contributed by atoms with E-state index in [9.17, 15) is 14.4 Å². The van der Waals surface area contributed by atoms with Crippen LogP contribution in [0.1, 0.15) is 57.5 Å². The third kappa shape index (κ3) is 10.3. The van der Waals surface area contributed by atoms with Crippen LogP contribution in [0.5, 0.6) is 11.5 Å². The van der Waals surface area contributed by atoms with Gasteiger partial charge in [0.2, 0.25) is 5.91 Å². The van der Waals surface area contributed by atoms with Crippen LogP contribution in [-0.2, 0) is 17.3 Å². The standard InChI is InChI=1S/C39H43ClN4O5/c1-43-21-23-44(24-22-43)37(45)18-6-3-11-25-48-36-17-10-8-15-34(36)42-38(46)32-20-19-31(26-30(32)27-40)41-39(47)33-14-7-9-16-35(33)49-28-29-12-4-2-5-13-29/h2,4-5,7-10,12-17,19-20,26H,3,6,11,18,21-25,27-28H2,1H3,(H,41,47)(H,42,46). The first-order valence-corrected chi connectivity index (χ1v) is 17.2. The molecule has 0 unspecified atom stereocenters. The minimum Gasteiger partial charge on any atom is -0.491 e. The van der Waals surface area contributed by atoms with Crippen molar-refractivity contribution in [2.45, 2.75) is 38.2 Å². The van der Waals surface area contributed by atoms with Crippen LogP contribution in [0.4, 0.5) is 11.4 Å². The Morgan fingerprint density at radius 1 is 0.714 bits per heavy atom. The highest BCUT2D eigenvalue weighted by Crippen LogP contribution is 2.27. The molecular formula is C39H43ClN4O5. The number of nitrogens with zero attached hydrogens (tertiary/aromatic N) is 2. The number of likely N-dealkylation sites (N-methyl/N-ethyl adjacent to an activating group) is 1. The van der Waals surface area contributed by atoms with Crippen molar-refractivity contribution in [3.63, 3.8) is 0 Å². The molecule has 1 fully saturated rings. The van der Waals surface area contributed by atoms with E-state index in [-0.39, 0.29) is 23.6 Å². The second-order valence-corrected chi connectivity index (χ2v) is 12.3. The summed E-state index contributed by atoms with van der Waals surface area (Å²) in [6.45, 7) is 4.25. The smallest absolute Gasteiger partial charge is 0.259 e. The fourth-order valence-electron chi connectivity index (χ4n) is 5.55. The van der Waals surface area contributed by atoms with E-state index in [2.05, 4.69) is 22.6 Å². The Kier molecular flexibility index (Phi) is 13.1. The Labute approximate surface area is 293 Å². The molecule has 1 aliphatic heterocycles. The molecule has 10 heteroatoms. The van der Waals surface area contributed by atoms with Gasteiger partial charge in [0.1, 0.15) is 18.1 Å². The predicted molar refractivity (Wildman–Crippen MR) is 194 cm³/mol. The van der Waals surface area contributed by atoms with Gasteiger partial charge in [-0.3, -0.25) is 14.4 Å². The van der Waals surface area contributed by atoms with E-state index in [0.29, 0.717) is 59.2 Å². The fourth-order valence-corrected chi connectivity index (χ4v) is 5.78. The lowest BCUT2D eigenvalue weighted by Gasteiger charge is -2.32. The van der Waals surface area contributed by atoms with Crippen LogP contribution in [0.3, 0.4) is 0 Å². The van der Waals surface area contributed by atoms with Crippen LogP contribution >= 0.6 is 11.6 Å². The van der Waals surface area contributed by atoms with E-state index in [1.54, 1.807) is 42.5 Å². The molecule has 1 saturated heterocycles. The van der Waals surface area contributed by atoms with E-state index >= 15 is 0 Å². The molecule has 0 spiro atoms. The zero-order chi connectivity index (χ0) is 34.4. The number of hydrogen-bond acceptors (Lipinski definition) is 6. The van der Waals surface area contributed by atoms with Crippen molar-refractivity contribution in [1.29, 1.82) is 0 Å². The van der Waals surface area contributed by atoms with Gasteiger partial charge in [-0.1, -0.05) is 54.6 Å². The van der Waals surface area contributed by atoms with Gasteiger partial charge in [0.25, 0.3) is 11.8 Å². The average molecular weight is 683 g/mol. The number of para-hydroxylation sites is 3. The molecule has 0 bridgehead atoms. The number of benzene rings is 4.